The van der Waals surface area contributed by atoms with Gasteiger partial charge in [0.05, 0.1) is 23.3 Å². The summed E-state index contributed by atoms with van der Waals surface area (Å²) in [6, 6.07) is 12.3. The predicted molar refractivity (Wildman–Crippen MR) is 134 cm³/mol. The van der Waals surface area contributed by atoms with Crippen LogP contribution in [-0.4, -0.2) is 41.8 Å². The second kappa shape index (κ2) is 8.73. The molecule has 2 N–H and O–H groups in total. The number of anilines is 1. The summed E-state index contributed by atoms with van der Waals surface area (Å²) in [6.07, 6.45) is -0.243. The van der Waals surface area contributed by atoms with Crippen LogP contribution in [0.1, 0.15) is 24.5 Å². The van der Waals surface area contributed by atoms with Crippen molar-refractivity contribution >= 4 is 48.2 Å². The molecule has 176 valence electrons. The maximum absolute atomic E-state index is 14.1. The van der Waals surface area contributed by atoms with Gasteiger partial charge in [-0.05, 0) is 65.9 Å². The van der Waals surface area contributed by atoms with Crippen LogP contribution in [0.2, 0.25) is 18.6 Å². The van der Waals surface area contributed by atoms with Crippen LogP contribution in [-0.2, 0) is 21.7 Å². The van der Waals surface area contributed by atoms with E-state index in [1.54, 1.807) is 24.1 Å². The van der Waals surface area contributed by atoms with Crippen molar-refractivity contribution in [2.45, 2.75) is 50.2 Å². The molecular formula is C23H27IN2O6Si. The molecule has 1 amide bonds. The summed E-state index contributed by atoms with van der Waals surface area (Å²) in [5.41, 5.74) is 0.0953. The highest BCUT2D eigenvalue weighted by Gasteiger charge is 2.66. The van der Waals surface area contributed by atoms with Crippen LogP contribution in [0.5, 0.6) is 0 Å². The number of hydrogen-bond donors (Lipinski definition) is 2. The normalized spacial score (nSPS) is 26.8. The minimum atomic E-state index is -2.81. The first-order valence-corrected chi connectivity index (χ1v) is 15.0. The largest absolute Gasteiger partial charge is 0.432 e. The van der Waals surface area contributed by atoms with Gasteiger partial charge in [0.15, 0.2) is 13.9 Å². The van der Waals surface area contributed by atoms with Crippen LogP contribution < -0.4 is 4.90 Å². The zero-order valence-corrected chi connectivity index (χ0v) is 21.9. The summed E-state index contributed by atoms with van der Waals surface area (Å²) in [6.45, 7) is 5.64. The number of nitro benzene ring substituents is 1. The number of amides is 1. The van der Waals surface area contributed by atoms with Crippen molar-refractivity contribution in [3.8, 4) is 0 Å². The topological polar surface area (TPSA) is 113 Å². The van der Waals surface area contributed by atoms with Crippen molar-refractivity contribution in [2.75, 3.05) is 11.5 Å². The van der Waals surface area contributed by atoms with Gasteiger partial charge in [0.1, 0.15) is 0 Å². The first kappa shape index (κ1) is 24.3. The molecule has 0 bridgehead atoms. The average Bonchev–Trinajstić information content (AvgIpc) is 3.15. The minimum absolute atomic E-state index is 0.115. The number of hydrogen-bond acceptors (Lipinski definition) is 6. The predicted octanol–water partition coefficient (Wildman–Crippen LogP) is 3.93. The van der Waals surface area contributed by atoms with E-state index in [0.29, 0.717) is 17.8 Å². The van der Waals surface area contributed by atoms with Gasteiger partial charge in [0.2, 0.25) is 0 Å². The lowest BCUT2D eigenvalue weighted by atomic mass is 9.82. The van der Waals surface area contributed by atoms with E-state index >= 15 is 0 Å². The second-order valence-electron chi connectivity index (χ2n) is 9.35. The van der Waals surface area contributed by atoms with E-state index in [1.165, 1.54) is 12.1 Å². The maximum atomic E-state index is 14.1. The van der Waals surface area contributed by atoms with Crippen LogP contribution in [0.4, 0.5) is 11.4 Å². The first-order chi connectivity index (χ1) is 15.5. The number of non-ortho nitro benzene ring substituents is 1. The van der Waals surface area contributed by atoms with Crippen molar-refractivity contribution in [1.29, 1.82) is 0 Å². The van der Waals surface area contributed by atoms with Crippen molar-refractivity contribution in [3.63, 3.8) is 0 Å². The Morgan fingerprint density at radius 1 is 1.27 bits per heavy atom. The van der Waals surface area contributed by atoms with E-state index in [1.807, 2.05) is 31.2 Å². The molecule has 0 aliphatic carbocycles. The molecule has 2 aliphatic heterocycles. The zero-order valence-electron chi connectivity index (χ0n) is 18.7. The number of fused-ring (bicyclic) bond motifs is 2. The summed E-state index contributed by atoms with van der Waals surface area (Å²) in [4.78, 5) is 37.9. The van der Waals surface area contributed by atoms with Crippen LogP contribution in [0.15, 0.2) is 42.5 Å². The average molecular weight is 582 g/mol. The summed E-state index contributed by atoms with van der Waals surface area (Å²) in [5.74, 6) is -0.706. The van der Waals surface area contributed by atoms with Crippen LogP contribution >= 0.6 is 22.6 Å². The summed E-state index contributed by atoms with van der Waals surface area (Å²) >= 11 is 2.22. The SMILES string of the molecule is C[C@H]1[C@H]([Si](C)(C)O)[C@@H](CCO)O[C@]12C(=O)N(Cc1cccc(I)c1)c1ccc([N+](=O)[O-])cc12. The van der Waals surface area contributed by atoms with Crippen LogP contribution in [0.3, 0.4) is 0 Å². The van der Waals surface area contributed by atoms with Crippen molar-refractivity contribution in [2.24, 2.45) is 5.92 Å². The van der Waals surface area contributed by atoms with E-state index in [9.17, 15) is 24.8 Å². The van der Waals surface area contributed by atoms with E-state index < -0.39 is 30.9 Å². The second-order valence-corrected chi connectivity index (χ2v) is 14.6. The summed E-state index contributed by atoms with van der Waals surface area (Å²) in [7, 11) is -2.81. The standard InChI is InChI=1S/C23H27IN2O6Si/c1-14-21(33(2,3)31)20(9-10-27)32-23(14)18-12-17(26(29)30)7-8-19(18)25(22(23)28)13-15-5-4-6-16(24)11-15/h4-8,11-12,14,20-21,27,31H,9-10,13H2,1-3H3/t14-,20+,21-,23+/m0/s1. The maximum Gasteiger partial charge on any atom is 0.269 e. The fraction of sp³-hybridized carbons (Fsp3) is 0.435. The van der Waals surface area contributed by atoms with Gasteiger partial charge in [-0.25, -0.2) is 0 Å². The summed E-state index contributed by atoms with van der Waals surface area (Å²) in [5, 5.41) is 21.2. The number of halogens is 1. The Balaban J connectivity index is 1.87. The highest BCUT2D eigenvalue weighted by Crippen LogP contribution is 2.60. The monoisotopic (exact) mass is 582 g/mol. The number of rotatable bonds is 6. The van der Waals surface area contributed by atoms with Gasteiger partial charge in [0.25, 0.3) is 11.6 Å². The molecule has 10 heteroatoms. The minimum Gasteiger partial charge on any atom is -0.432 e. The molecule has 2 heterocycles. The number of benzene rings is 2. The van der Waals surface area contributed by atoms with E-state index in [4.69, 9.17) is 4.74 Å². The quantitative estimate of drug-likeness (QED) is 0.231. The molecular weight excluding hydrogens is 555 g/mol. The zero-order chi connectivity index (χ0) is 24.1. The Labute approximate surface area is 207 Å². The highest BCUT2D eigenvalue weighted by atomic mass is 127. The number of aliphatic hydroxyl groups excluding tert-OH is 1. The van der Waals surface area contributed by atoms with Crippen molar-refractivity contribution < 1.29 is 24.4 Å². The molecule has 8 nitrogen and oxygen atoms in total. The lowest BCUT2D eigenvalue weighted by Crippen LogP contribution is -2.46. The molecule has 2 aliphatic rings. The Kier molecular flexibility index (Phi) is 6.42. The molecule has 0 saturated carbocycles. The molecule has 1 saturated heterocycles. The molecule has 2 aromatic carbocycles. The van der Waals surface area contributed by atoms with Gasteiger partial charge in [-0.1, -0.05) is 19.1 Å². The first-order valence-electron chi connectivity index (χ1n) is 10.9. The summed E-state index contributed by atoms with van der Waals surface area (Å²) < 4.78 is 7.51. The number of nitro groups is 1. The Bertz CT molecular complexity index is 1110. The fourth-order valence-electron chi connectivity index (χ4n) is 5.55. The molecule has 0 unspecified atom stereocenters. The number of aliphatic hydroxyl groups is 1. The Morgan fingerprint density at radius 3 is 2.61 bits per heavy atom. The van der Waals surface area contributed by atoms with Crippen LogP contribution in [0.25, 0.3) is 0 Å². The van der Waals surface area contributed by atoms with Gasteiger partial charge < -0.3 is 19.5 Å². The lowest BCUT2D eigenvalue weighted by molar-refractivity contribution is -0.385. The number of ether oxygens (including phenoxy) is 1. The Morgan fingerprint density at radius 2 is 2.00 bits per heavy atom. The third-order valence-electron chi connectivity index (χ3n) is 6.82. The smallest absolute Gasteiger partial charge is 0.269 e. The molecule has 0 radical (unpaired) electrons. The molecule has 1 fully saturated rings. The van der Waals surface area contributed by atoms with Gasteiger partial charge in [-0.3, -0.25) is 14.9 Å². The van der Waals surface area contributed by atoms with E-state index in [0.717, 1.165) is 9.13 Å². The van der Waals surface area contributed by atoms with Crippen molar-refractivity contribution in [1.82, 2.24) is 0 Å². The van der Waals surface area contributed by atoms with Crippen LogP contribution in [0, 0.1) is 19.6 Å². The third-order valence-corrected chi connectivity index (χ3v) is 10.00. The van der Waals surface area contributed by atoms with E-state index in [2.05, 4.69) is 22.6 Å². The number of carbonyl (C=O) groups is 1. The molecule has 1 spiro atoms. The lowest BCUT2D eigenvalue weighted by Gasteiger charge is -2.32. The van der Waals surface area contributed by atoms with E-state index in [-0.39, 0.29) is 30.2 Å². The molecule has 4 atom stereocenters. The molecule has 0 aromatic heterocycles. The van der Waals surface area contributed by atoms with Gasteiger partial charge >= 0.3 is 0 Å². The third kappa shape index (κ3) is 4.01. The molecule has 2 aromatic rings. The van der Waals surface area contributed by atoms with Crippen molar-refractivity contribution in [3.05, 3.63) is 67.3 Å². The Hall–Kier alpha value is -1.86. The number of nitrogens with zero attached hydrogens (tertiary/aromatic N) is 2. The van der Waals surface area contributed by atoms with Gasteiger partial charge in [-0.15, -0.1) is 0 Å². The molecule has 4 rings (SSSR count). The highest BCUT2D eigenvalue weighted by molar-refractivity contribution is 14.1. The fourth-order valence-corrected chi connectivity index (χ4v) is 8.76. The number of carbonyl (C=O) groups excluding carboxylic acids is 1. The van der Waals surface area contributed by atoms with Gasteiger partial charge in [-0.2, -0.15) is 0 Å². The molecule has 33 heavy (non-hydrogen) atoms. The van der Waals surface area contributed by atoms with Gasteiger partial charge in [0, 0.05) is 39.3 Å².